The third-order valence-corrected chi connectivity index (χ3v) is 3.33. The SMILES string of the molecule is O=C(c1ccncc1F)N1CC2CCC(C1)O2. The van der Waals surface area contributed by atoms with Crippen molar-refractivity contribution >= 4 is 5.91 Å². The number of nitrogens with zero attached hydrogens (tertiary/aromatic N) is 2. The van der Waals surface area contributed by atoms with Gasteiger partial charge in [0.15, 0.2) is 5.82 Å². The summed E-state index contributed by atoms with van der Waals surface area (Å²) in [5.74, 6) is -0.818. The molecule has 2 atom stereocenters. The van der Waals surface area contributed by atoms with Crippen LogP contribution in [0.25, 0.3) is 0 Å². The molecule has 0 aromatic carbocycles. The van der Waals surface area contributed by atoms with Crippen LogP contribution in [0.3, 0.4) is 0 Å². The Bertz CT molecular complexity index is 440. The lowest BCUT2D eigenvalue weighted by Gasteiger charge is -2.32. The molecule has 0 aliphatic carbocycles. The summed E-state index contributed by atoms with van der Waals surface area (Å²) >= 11 is 0. The van der Waals surface area contributed by atoms with Gasteiger partial charge in [0, 0.05) is 19.3 Å². The molecule has 17 heavy (non-hydrogen) atoms. The fourth-order valence-corrected chi connectivity index (χ4v) is 2.50. The lowest BCUT2D eigenvalue weighted by molar-refractivity contribution is -0.0304. The quantitative estimate of drug-likeness (QED) is 0.736. The molecule has 2 aliphatic heterocycles. The summed E-state index contributed by atoms with van der Waals surface area (Å²) in [5.41, 5.74) is 0.0984. The molecule has 1 aromatic heterocycles. The van der Waals surface area contributed by atoms with Gasteiger partial charge in [-0.05, 0) is 18.9 Å². The second-order valence-corrected chi connectivity index (χ2v) is 4.52. The molecular formula is C12H13FN2O2. The van der Waals surface area contributed by atoms with Crippen LogP contribution in [0, 0.1) is 5.82 Å². The van der Waals surface area contributed by atoms with Crippen LogP contribution in [0.5, 0.6) is 0 Å². The van der Waals surface area contributed by atoms with Crippen LogP contribution in [0.15, 0.2) is 18.5 Å². The highest BCUT2D eigenvalue weighted by atomic mass is 19.1. The standard InChI is InChI=1S/C12H13FN2O2/c13-11-5-14-4-3-10(11)12(16)15-6-8-1-2-9(7-15)17-8/h3-5,8-9H,1-2,6-7H2. The van der Waals surface area contributed by atoms with Gasteiger partial charge in [0.25, 0.3) is 5.91 Å². The monoisotopic (exact) mass is 236 g/mol. The van der Waals surface area contributed by atoms with Crippen molar-refractivity contribution in [2.24, 2.45) is 0 Å². The lowest BCUT2D eigenvalue weighted by Crippen LogP contribution is -2.46. The zero-order chi connectivity index (χ0) is 11.8. The van der Waals surface area contributed by atoms with Gasteiger partial charge >= 0.3 is 0 Å². The first-order valence-corrected chi connectivity index (χ1v) is 5.78. The first-order valence-electron chi connectivity index (χ1n) is 5.78. The maximum Gasteiger partial charge on any atom is 0.257 e. The molecule has 1 amide bonds. The summed E-state index contributed by atoms with van der Waals surface area (Å²) in [5, 5.41) is 0. The van der Waals surface area contributed by atoms with E-state index in [-0.39, 0.29) is 23.7 Å². The van der Waals surface area contributed by atoms with Crippen LogP contribution in [0.1, 0.15) is 23.2 Å². The maximum atomic E-state index is 13.5. The van der Waals surface area contributed by atoms with Crippen molar-refractivity contribution in [1.29, 1.82) is 0 Å². The van der Waals surface area contributed by atoms with Crippen LogP contribution >= 0.6 is 0 Å². The van der Waals surface area contributed by atoms with E-state index in [0.717, 1.165) is 19.0 Å². The van der Waals surface area contributed by atoms with Gasteiger partial charge < -0.3 is 9.64 Å². The Morgan fingerprint density at radius 3 is 2.76 bits per heavy atom. The number of rotatable bonds is 1. The van der Waals surface area contributed by atoms with Crippen molar-refractivity contribution < 1.29 is 13.9 Å². The molecule has 5 heteroatoms. The van der Waals surface area contributed by atoms with Crippen LogP contribution in [0.2, 0.25) is 0 Å². The second kappa shape index (κ2) is 4.07. The van der Waals surface area contributed by atoms with Gasteiger partial charge in [-0.15, -0.1) is 0 Å². The zero-order valence-electron chi connectivity index (χ0n) is 9.30. The molecule has 2 bridgehead atoms. The molecule has 0 radical (unpaired) electrons. The van der Waals surface area contributed by atoms with E-state index in [0.29, 0.717) is 13.1 Å². The van der Waals surface area contributed by atoms with Crippen LogP contribution in [-0.4, -0.2) is 41.1 Å². The van der Waals surface area contributed by atoms with Crippen LogP contribution < -0.4 is 0 Å². The fraction of sp³-hybridized carbons (Fsp3) is 0.500. The first-order chi connectivity index (χ1) is 8.24. The van der Waals surface area contributed by atoms with Crippen molar-refractivity contribution in [3.8, 4) is 0 Å². The van der Waals surface area contributed by atoms with Crippen molar-refractivity contribution in [2.45, 2.75) is 25.0 Å². The first kappa shape index (κ1) is 10.7. The summed E-state index contributed by atoms with van der Waals surface area (Å²) in [6.45, 7) is 1.13. The van der Waals surface area contributed by atoms with E-state index in [4.69, 9.17) is 4.74 Å². The zero-order valence-corrected chi connectivity index (χ0v) is 9.30. The lowest BCUT2D eigenvalue weighted by atomic mass is 10.2. The summed E-state index contributed by atoms with van der Waals surface area (Å²) in [6, 6.07) is 1.43. The van der Waals surface area contributed by atoms with Crippen molar-refractivity contribution in [3.05, 3.63) is 29.8 Å². The smallest absolute Gasteiger partial charge is 0.257 e. The van der Waals surface area contributed by atoms with Crippen LogP contribution in [0.4, 0.5) is 4.39 Å². The number of aromatic nitrogens is 1. The number of morpholine rings is 1. The Labute approximate surface area is 98.4 Å². The average Bonchev–Trinajstić information content (AvgIpc) is 2.68. The van der Waals surface area contributed by atoms with E-state index in [1.54, 1.807) is 4.90 Å². The van der Waals surface area contributed by atoms with Crippen molar-refractivity contribution in [2.75, 3.05) is 13.1 Å². The number of hydrogen-bond donors (Lipinski definition) is 0. The molecule has 2 aliphatic rings. The van der Waals surface area contributed by atoms with Gasteiger partial charge in [0.1, 0.15) is 0 Å². The van der Waals surface area contributed by atoms with Crippen molar-refractivity contribution in [3.63, 3.8) is 0 Å². The molecule has 90 valence electrons. The Hall–Kier alpha value is -1.49. The summed E-state index contributed by atoms with van der Waals surface area (Å²) in [6.07, 6.45) is 4.75. The van der Waals surface area contributed by atoms with E-state index in [1.165, 1.54) is 12.3 Å². The van der Waals surface area contributed by atoms with Gasteiger partial charge in [-0.2, -0.15) is 0 Å². The van der Waals surface area contributed by atoms with Gasteiger partial charge in [-0.3, -0.25) is 9.78 Å². The number of carbonyl (C=O) groups excluding carboxylic acids is 1. The number of hydrogen-bond acceptors (Lipinski definition) is 3. The van der Waals surface area contributed by atoms with E-state index < -0.39 is 5.82 Å². The molecule has 2 fully saturated rings. The number of carbonyl (C=O) groups is 1. The van der Waals surface area contributed by atoms with Gasteiger partial charge in [0.05, 0.1) is 24.0 Å². The number of ether oxygens (including phenoxy) is 1. The number of likely N-dealkylation sites (tertiary alicyclic amines) is 1. The second-order valence-electron chi connectivity index (χ2n) is 4.52. The largest absolute Gasteiger partial charge is 0.371 e. The molecule has 1 aromatic rings. The third-order valence-electron chi connectivity index (χ3n) is 3.33. The highest BCUT2D eigenvalue weighted by Gasteiger charge is 2.36. The van der Waals surface area contributed by atoms with E-state index in [9.17, 15) is 9.18 Å². The molecule has 2 saturated heterocycles. The van der Waals surface area contributed by atoms with Gasteiger partial charge in [-0.25, -0.2) is 4.39 Å². The Kier molecular flexibility index (Phi) is 2.55. The molecular weight excluding hydrogens is 223 g/mol. The predicted molar refractivity (Wildman–Crippen MR) is 58.0 cm³/mol. The van der Waals surface area contributed by atoms with Gasteiger partial charge in [0.2, 0.25) is 0 Å². The minimum atomic E-state index is -0.559. The molecule has 0 N–H and O–H groups in total. The average molecular weight is 236 g/mol. The fourth-order valence-electron chi connectivity index (χ4n) is 2.50. The number of pyridine rings is 1. The Morgan fingerprint density at radius 1 is 1.41 bits per heavy atom. The molecule has 0 saturated carbocycles. The predicted octanol–water partition coefficient (Wildman–Crippen LogP) is 1.22. The molecule has 2 unspecified atom stereocenters. The molecule has 4 nitrogen and oxygen atoms in total. The molecule has 0 spiro atoms. The number of fused-ring (bicyclic) bond motifs is 2. The summed E-state index contributed by atoms with van der Waals surface area (Å²) in [7, 11) is 0. The van der Waals surface area contributed by atoms with Gasteiger partial charge in [-0.1, -0.05) is 0 Å². The topological polar surface area (TPSA) is 42.4 Å². The number of halogens is 1. The molecule has 3 rings (SSSR count). The normalized spacial score (nSPS) is 27.2. The summed E-state index contributed by atoms with van der Waals surface area (Å²) < 4.78 is 19.1. The molecule has 3 heterocycles. The van der Waals surface area contributed by atoms with E-state index in [2.05, 4.69) is 4.98 Å². The minimum Gasteiger partial charge on any atom is -0.371 e. The Balaban J connectivity index is 1.81. The van der Waals surface area contributed by atoms with E-state index in [1.807, 2.05) is 0 Å². The van der Waals surface area contributed by atoms with Crippen molar-refractivity contribution in [1.82, 2.24) is 9.88 Å². The Morgan fingerprint density at radius 2 is 2.12 bits per heavy atom. The highest BCUT2D eigenvalue weighted by Crippen LogP contribution is 2.27. The van der Waals surface area contributed by atoms with E-state index >= 15 is 0 Å². The van der Waals surface area contributed by atoms with Crippen LogP contribution in [-0.2, 0) is 4.74 Å². The summed E-state index contributed by atoms with van der Waals surface area (Å²) in [4.78, 5) is 17.5. The maximum absolute atomic E-state index is 13.5. The third kappa shape index (κ3) is 1.91. The highest BCUT2D eigenvalue weighted by molar-refractivity contribution is 5.94. The number of amides is 1. The minimum absolute atomic E-state index is 0.0984.